The molecule has 2 aromatic carbocycles. The molecular weight excluding hydrogens is 402 g/mol. The van der Waals surface area contributed by atoms with Crippen LogP contribution in [0.4, 0.5) is 0 Å². The van der Waals surface area contributed by atoms with Gasteiger partial charge in [0.15, 0.2) is 0 Å². The van der Waals surface area contributed by atoms with Crippen LogP contribution in [-0.2, 0) is 21.5 Å². The summed E-state index contributed by atoms with van der Waals surface area (Å²) in [5, 5.41) is 0. The first kappa shape index (κ1) is 23.7. The zero-order valence-corrected chi connectivity index (χ0v) is 19.1. The molecule has 1 atom stereocenters. The lowest BCUT2D eigenvalue weighted by Crippen LogP contribution is -2.38. The van der Waals surface area contributed by atoms with E-state index in [1.165, 1.54) is 19.2 Å². The normalized spacial score (nSPS) is 12.5. The number of carbonyl (C=O) groups is 1. The molecule has 0 saturated heterocycles. The van der Waals surface area contributed by atoms with E-state index in [1.54, 1.807) is 35.2 Å². The third-order valence-corrected chi connectivity index (χ3v) is 6.14. The van der Waals surface area contributed by atoms with Gasteiger partial charge in [-0.05, 0) is 49.6 Å². The van der Waals surface area contributed by atoms with Crippen LogP contribution in [0.25, 0.3) is 0 Å². The molecule has 30 heavy (non-hydrogen) atoms. The van der Waals surface area contributed by atoms with Crippen LogP contribution in [0.5, 0.6) is 11.5 Å². The van der Waals surface area contributed by atoms with Crippen LogP contribution < -0.4 is 8.92 Å². The fourth-order valence-corrected chi connectivity index (χ4v) is 3.95. The van der Waals surface area contributed by atoms with E-state index in [2.05, 4.69) is 0 Å². The van der Waals surface area contributed by atoms with Crippen molar-refractivity contribution in [3.05, 3.63) is 54.1 Å². The maximum Gasteiger partial charge on any atom is 0.339 e. The van der Waals surface area contributed by atoms with Gasteiger partial charge in [0.25, 0.3) is 0 Å². The first-order valence-corrected chi connectivity index (χ1v) is 11.5. The Morgan fingerprint density at radius 1 is 1.03 bits per heavy atom. The Morgan fingerprint density at radius 3 is 2.23 bits per heavy atom. The molecule has 0 fully saturated rings. The lowest BCUT2D eigenvalue weighted by molar-refractivity contribution is -0.134. The first-order chi connectivity index (χ1) is 14.2. The molecule has 6 nitrogen and oxygen atoms in total. The molecule has 0 N–H and O–H groups in total. The summed E-state index contributed by atoms with van der Waals surface area (Å²) in [5.41, 5.74) is 0.645. The van der Waals surface area contributed by atoms with Gasteiger partial charge in [-0.15, -0.1) is 0 Å². The molecule has 0 aliphatic heterocycles. The van der Waals surface area contributed by atoms with Gasteiger partial charge in [0, 0.05) is 24.6 Å². The fraction of sp³-hybridized carbons (Fsp3) is 0.435. The van der Waals surface area contributed by atoms with Gasteiger partial charge in [0.1, 0.15) is 16.4 Å². The third-order valence-electron chi connectivity index (χ3n) is 4.89. The van der Waals surface area contributed by atoms with Crippen molar-refractivity contribution in [3.8, 4) is 11.5 Å². The predicted octanol–water partition coefficient (Wildman–Crippen LogP) is 4.64. The Bertz CT molecular complexity index is 938. The number of carbonyl (C=O) groups excluding carboxylic acids is 1. The highest BCUT2D eigenvalue weighted by Crippen LogP contribution is 2.26. The number of nitrogens with zero attached hydrogens (tertiary/aromatic N) is 1. The number of rotatable bonds is 10. The molecule has 0 aliphatic carbocycles. The highest BCUT2D eigenvalue weighted by atomic mass is 32.2. The number of hydrogen-bond donors (Lipinski definition) is 0. The Labute approximate surface area is 179 Å². The maximum absolute atomic E-state index is 12.8. The Kier molecular flexibility index (Phi) is 8.29. The summed E-state index contributed by atoms with van der Waals surface area (Å²) in [5.74, 6) is 1.07. The van der Waals surface area contributed by atoms with Crippen molar-refractivity contribution >= 4 is 16.0 Å². The second-order valence-corrected chi connectivity index (χ2v) is 9.24. The molecule has 0 bridgehead atoms. The summed E-state index contributed by atoms with van der Waals surface area (Å²) >= 11 is 0. The summed E-state index contributed by atoms with van der Waals surface area (Å²) in [7, 11) is -2.51. The zero-order chi connectivity index (χ0) is 22.3. The van der Waals surface area contributed by atoms with E-state index in [-0.39, 0.29) is 35.1 Å². The van der Waals surface area contributed by atoms with Crippen LogP contribution in [0.15, 0.2) is 53.4 Å². The van der Waals surface area contributed by atoms with E-state index in [0.717, 1.165) is 6.42 Å². The first-order valence-electron chi connectivity index (χ1n) is 10.1. The van der Waals surface area contributed by atoms with Gasteiger partial charge >= 0.3 is 10.1 Å². The summed E-state index contributed by atoms with van der Waals surface area (Å²) in [4.78, 5) is 14.6. The van der Waals surface area contributed by atoms with Crippen molar-refractivity contribution < 1.29 is 22.1 Å². The minimum absolute atomic E-state index is 0.0301. The zero-order valence-electron chi connectivity index (χ0n) is 18.3. The van der Waals surface area contributed by atoms with Gasteiger partial charge in [-0.2, -0.15) is 8.42 Å². The Morgan fingerprint density at radius 2 is 1.67 bits per heavy atom. The second kappa shape index (κ2) is 10.5. The van der Waals surface area contributed by atoms with Gasteiger partial charge in [0.2, 0.25) is 5.91 Å². The van der Waals surface area contributed by atoms with Crippen LogP contribution in [0.1, 0.15) is 46.1 Å². The molecule has 2 aromatic rings. The summed E-state index contributed by atoms with van der Waals surface area (Å²) in [6.07, 6.45) is 1.24. The van der Waals surface area contributed by atoms with E-state index in [0.29, 0.717) is 17.7 Å². The Hall–Kier alpha value is -2.54. The van der Waals surface area contributed by atoms with Crippen molar-refractivity contribution in [1.29, 1.82) is 0 Å². The molecule has 0 unspecified atom stereocenters. The van der Waals surface area contributed by atoms with Gasteiger partial charge in [-0.25, -0.2) is 0 Å². The van der Waals surface area contributed by atoms with Crippen LogP contribution in [0.3, 0.4) is 0 Å². The standard InChI is InChI=1S/C23H31NO5S/c1-6-18(4)24(23(25)15-17(2)3)16-19-9-7-8-10-22(19)29-30(26,27)21-13-11-20(28-5)12-14-21/h7-14,17-18H,6,15-16H2,1-5H3/t18-/m1/s1. The molecule has 0 spiro atoms. The van der Waals surface area contributed by atoms with Gasteiger partial charge < -0.3 is 13.8 Å². The molecule has 0 aliphatic rings. The number of methoxy groups -OCH3 is 1. The molecular formula is C23H31NO5S. The smallest absolute Gasteiger partial charge is 0.339 e. The topological polar surface area (TPSA) is 72.9 Å². The van der Waals surface area contributed by atoms with Crippen LogP contribution in [-0.4, -0.2) is 32.4 Å². The fourth-order valence-electron chi connectivity index (χ4n) is 2.98. The molecule has 0 radical (unpaired) electrons. The molecule has 7 heteroatoms. The highest BCUT2D eigenvalue weighted by Gasteiger charge is 2.23. The van der Waals surface area contributed by atoms with Crippen molar-refractivity contribution in [1.82, 2.24) is 4.90 Å². The molecule has 164 valence electrons. The van der Waals surface area contributed by atoms with E-state index < -0.39 is 10.1 Å². The van der Waals surface area contributed by atoms with Crippen LogP contribution in [0.2, 0.25) is 0 Å². The second-order valence-electron chi connectivity index (χ2n) is 7.70. The van der Waals surface area contributed by atoms with Gasteiger partial charge in [0.05, 0.1) is 7.11 Å². The minimum atomic E-state index is -4.02. The number of ether oxygens (including phenoxy) is 1. The van der Waals surface area contributed by atoms with Gasteiger partial charge in [-0.3, -0.25) is 4.79 Å². The third kappa shape index (κ3) is 6.23. The lowest BCUT2D eigenvalue weighted by atomic mass is 10.1. The summed E-state index contributed by atoms with van der Waals surface area (Å²) in [6.45, 7) is 8.32. The van der Waals surface area contributed by atoms with E-state index >= 15 is 0 Å². The Balaban J connectivity index is 2.30. The quantitative estimate of drug-likeness (QED) is 0.511. The van der Waals surface area contributed by atoms with E-state index in [9.17, 15) is 13.2 Å². The maximum atomic E-state index is 12.8. The predicted molar refractivity (Wildman–Crippen MR) is 117 cm³/mol. The SMILES string of the molecule is CC[C@@H](C)N(Cc1ccccc1OS(=O)(=O)c1ccc(OC)cc1)C(=O)CC(C)C. The van der Waals surface area contributed by atoms with Crippen molar-refractivity contribution in [2.75, 3.05) is 7.11 Å². The summed E-state index contributed by atoms with van der Waals surface area (Å²) in [6, 6.07) is 13.0. The van der Waals surface area contributed by atoms with Crippen molar-refractivity contribution in [2.24, 2.45) is 5.92 Å². The average molecular weight is 434 g/mol. The van der Waals surface area contributed by atoms with Gasteiger partial charge in [-0.1, -0.05) is 39.0 Å². The molecule has 0 heterocycles. The van der Waals surface area contributed by atoms with E-state index in [1.807, 2.05) is 33.8 Å². The summed E-state index contributed by atoms with van der Waals surface area (Å²) < 4.78 is 36.1. The van der Waals surface area contributed by atoms with Crippen molar-refractivity contribution in [2.45, 2.75) is 58.0 Å². The number of para-hydroxylation sites is 1. The molecule has 2 rings (SSSR count). The van der Waals surface area contributed by atoms with Crippen molar-refractivity contribution in [3.63, 3.8) is 0 Å². The van der Waals surface area contributed by atoms with E-state index in [4.69, 9.17) is 8.92 Å². The molecule has 0 aromatic heterocycles. The van der Waals surface area contributed by atoms with Crippen LogP contribution >= 0.6 is 0 Å². The highest BCUT2D eigenvalue weighted by molar-refractivity contribution is 7.87. The number of amides is 1. The lowest BCUT2D eigenvalue weighted by Gasteiger charge is -2.30. The molecule has 0 saturated carbocycles. The van der Waals surface area contributed by atoms with Crippen LogP contribution in [0, 0.1) is 5.92 Å². The minimum Gasteiger partial charge on any atom is -0.497 e. The number of benzene rings is 2. The number of hydrogen-bond acceptors (Lipinski definition) is 5. The monoisotopic (exact) mass is 433 g/mol. The molecule has 1 amide bonds. The average Bonchev–Trinajstić information content (AvgIpc) is 2.71. The largest absolute Gasteiger partial charge is 0.497 e.